The van der Waals surface area contributed by atoms with Crippen molar-refractivity contribution in [3.05, 3.63) is 6.15 Å². The van der Waals surface area contributed by atoms with Crippen molar-refractivity contribution in [2.75, 3.05) is 0 Å². The molecule has 0 saturated heterocycles. The molecular weight excluding hydrogens is 155 g/mol. The van der Waals surface area contributed by atoms with E-state index in [2.05, 4.69) is 0 Å². The molecule has 36 valence electrons. The topological polar surface area (TPSA) is 70.8 Å². The van der Waals surface area contributed by atoms with Crippen LogP contribution in [0.15, 0.2) is 0 Å². The number of carbonyl (C=O) groups is 1. The minimum absolute atomic E-state index is 0. The van der Waals surface area contributed by atoms with E-state index < -0.39 is 0 Å². The molecule has 0 aromatic rings. The molecule has 0 rings (SSSR count). The first-order valence-corrected chi connectivity index (χ1v) is 0.494. The second-order valence-electron chi connectivity index (χ2n) is 0.105. The fourth-order valence-electron chi connectivity index (χ4n) is 0. The fourth-order valence-corrected chi connectivity index (χ4v) is 0. The molecule has 0 aliphatic carbocycles. The Morgan fingerprint density at radius 1 is 1.50 bits per heavy atom. The standard InChI is InChI=1S/CH2O2.H2N.H2S.Zn/c2-1-3;;;/h1H,(H,2,3);2*1H2;/q;-1;;. The van der Waals surface area contributed by atoms with Gasteiger partial charge in [0.1, 0.15) is 0 Å². The monoisotopic (exact) mass is 160 g/mol. The minimum Gasteiger partial charge on any atom is -0.693 e. The molecular formula is CH6NO2SZn-. The van der Waals surface area contributed by atoms with Gasteiger partial charge in [0.05, 0.1) is 0 Å². The van der Waals surface area contributed by atoms with E-state index in [1.165, 1.54) is 0 Å². The molecule has 0 aliphatic heterocycles. The van der Waals surface area contributed by atoms with Crippen molar-refractivity contribution in [3.8, 4) is 0 Å². The zero-order chi connectivity index (χ0) is 2.71. The molecule has 0 saturated carbocycles. The van der Waals surface area contributed by atoms with Gasteiger partial charge in [-0.2, -0.15) is 13.5 Å². The minimum atomic E-state index is -0.250. The summed E-state index contributed by atoms with van der Waals surface area (Å²) in [7, 11) is 0. The quantitative estimate of drug-likeness (QED) is 0.416. The van der Waals surface area contributed by atoms with Gasteiger partial charge >= 0.3 is 0 Å². The van der Waals surface area contributed by atoms with Crippen LogP contribution in [0.1, 0.15) is 0 Å². The maximum absolute atomic E-state index is 8.36. The van der Waals surface area contributed by atoms with Gasteiger partial charge in [-0.25, -0.2) is 0 Å². The van der Waals surface area contributed by atoms with Gasteiger partial charge in [-0.15, -0.1) is 0 Å². The van der Waals surface area contributed by atoms with Crippen molar-refractivity contribution >= 4 is 20.0 Å². The summed E-state index contributed by atoms with van der Waals surface area (Å²) in [5.74, 6) is 0. The van der Waals surface area contributed by atoms with Gasteiger partial charge in [-0.1, -0.05) is 0 Å². The number of carboxylic acid groups (broad SMARTS) is 1. The van der Waals surface area contributed by atoms with Gasteiger partial charge < -0.3 is 11.3 Å². The maximum Gasteiger partial charge on any atom is 0.290 e. The fraction of sp³-hybridized carbons (Fsp3) is 0. The van der Waals surface area contributed by atoms with Crippen molar-refractivity contribution < 1.29 is 29.4 Å². The van der Waals surface area contributed by atoms with Gasteiger partial charge in [-0.3, -0.25) is 4.79 Å². The SMILES string of the molecule is O=CO.S.[NH2-].[Zn]. The average Bonchev–Trinajstić information content (AvgIpc) is 0.918. The third kappa shape index (κ3) is 313. The van der Waals surface area contributed by atoms with Crippen LogP contribution in [-0.4, -0.2) is 11.6 Å². The third-order valence-corrected chi connectivity index (χ3v) is 0. The molecule has 0 amide bonds. The second-order valence-corrected chi connectivity index (χ2v) is 0.105. The van der Waals surface area contributed by atoms with Gasteiger partial charge in [0, 0.05) is 19.5 Å². The first kappa shape index (κ1) is 32.4. The van der Waals surface area contributed by atoms with Crippen molar-refractivity contribution in [3.63, 3.8) is 0 Å². The van der Waals surface area contributed by atoms with Crippen LogP contribution >= 0.6 is 13.5 Å². The van der Waals surface area contributed by atoms with Crippen molar-refractivity contribution in [1.29, 1.82) is 0 Å². The van der Waals surface area contributed by atoms with Crippen LogP contribution in [0.25, 0.3) is 6.15 Å². The van der Waals surface area contributed by atoms with Gasteiger partial charge in [0.15, 0.2) is 0 Å². The van der Waals surface area contributed by atoms with Gasteiger partial charge in [0.25, 0.3) is 6.47 Å². The number of rotatable bonds is 0. The Morgan fingerprint density at radius 2 is 1.50 bits per heavy atom. The van der Waals surface area contributed by atoms with E-state index >= 15 is 0 Å². The number of hydrogen-bond acceptors (Lipinski definition) is 1. The molecule has 0 atom stereocenters. The summed E-state index contributed by atoms with van der Waals surface area (Å²) < 4.78 is 0. The average molecular weight is 162 g/mol. The summed E-state index contributed by atoms with van der Waals surface area (Å²) in [6.07, 6.45) is 0. The number of hydrogen-bond donors (Lipinski definition) is 1. The summed E-state index contributed by atoms with van der Waals surface area (Å²) in [4.78, 5) is 8.36. The Hall–Kier alpha value is 0.403. The molecule has 0 bridgehead atoms. The van der Waals surface area contributed by atoms with E-state index in [1.807, 2.05) is 0 Å². The van der Waals surface area contributed by atoms with Crippen molar-refractivity contribution in [2.24, 2.45) is 0 Å². The Bertz CT molecular complexity index is 21.0. The summed E-state index contributed by atoms with van der Waals surface area (Å²) in [5.41, 5.74) is 0. The van der Waals surface area contributed by atoms with E-state index in [4.69, 9.17) is 9.90 Å². The van der Waals surface area contributed by atoms with E-state index in [0.29, 0.717) is 0 Å². The smallest absolute Gasteiger partial charge is 0.290 e. The molecule has 0 aromatic carbocycles. The Morgan fingerprint density at radius 3 is 1.50 bits per heavy atom. The largest absolute Gasteiger partial charge is 0.693 e. The molecule has 0 spiro atoms. The summed E-state index contributed by atoms with van der Waals surface area (Å²) >= 11 is 0. The molecule has 0 aliphatic rings. The van der Waals surface area contributed by atoms with Crippen LogP contribution in [0.4, 0.5) is 0 Å². The van der Waals surface area contributed by atoms with Crippen LogP contribution in [0.2, 0.25) is 0 Å². The first-order chi connectivity index (χ1) is 1.41. The molecule has 3 N–H and O–H groups in total. The molecule has 0 aromatic heterocycles. The van der Waals surface area contributed by atoms with E-state index in [-0.39, 0.29) is 45.6 Å². The van der Waals surface area contributed by atoms with Crippen LogP contribution in [0.3, 0.4) is 0 Å². The zero-order valence-corrected chi connectivity index (χ0v) is 7.18. The molecule has 3 nitrogen and oxygen atoms in total. The van der Waals surface area contributed by atoms with Crippen LogP contribution < -0.4 is 0 Å². The van der Waals surface area contributed by atoms with Crippen LogP contribution in [0.5, 0.6) is 0 Å². The molecule has 6 heavy (non-hydrogen) atoms. The van der Waals surface area contributed by atoms with Crippen LogP contribution in [-0.2, 0) is 24.3 Å². The third-order valence-electron chi connectivity index (χ3n) is 0. The predicted molar refractivity (Wildman–Crippen MR) is 24.4 cm³/mol. The Balaban J connectivity index is -0.00000000667. The van der Waals surface area contributed by atoms with E-state index in [9.17, 15) is 0 Å². The summed E-state index contributed by atoms with van der Waals surface area (Å²) in [6, 6.07) is 0. The molecule has 0 radical (unpaired) electrons. The normalized spacial score (nSPS) is 2.00. The molecule has 0 unspecified atom stereocenters. The Kier molecular flexibility index (Phi) is 287. The molecule has 0 fully saturated rings. The van der Waals surface area contributed by atoms with E-state index in [0.717, 1.165) is 0 Å². The summed E-state index contributed by atoms with van der Waals surface area (Å²) in [6.45, 7) is -0.250. The second kappa shape index (κ2) is 53.2. The maximum atomic E-state index is 8.36. The van der Waals surface area contributed by atoms with Crippen molar-refractivity contribution in [1.82, 2.24) is 0 Å². The first-order valence-electron chi connectivity index (χ1n) is 0.494. The summed E-state index contributed by atoms with van der Waals surface area (Å²) in [5, 5.41) is 6.89. The molecule has 5 heteroatoms. The van der Waals surface area contributed by atoms with Crippen LogP contribution in [0, 0.1) is 0 Å². The molecule has 0 heterocycles. The Labute approximate surface area is 55.9 Å². The zero-order valence-electron chi connectivity index (χ0n) is 3.22. The van der Waals surface area contributed by atoms with Gasteiger partial charge in [0.2, 0.25) is 0 Å². The van der Waals surface area contributed by atoms with E-state index in [1.54, 1.807) is 0 Å². The van der Waals surface area contributed by atoms with Crippen molar-refractivity contribution in [2.45, 2.75) is 0 Å². The predicted octanol–water partition coefficient (Wildman–Crippen LogP) is 0.528. The number of nitrogens with two attached hydrogens (primary N) is 1. The van der Waals surface area contributed by atoms with Gasteiger partial charge in [-0.05, 0) is 0 Å².